The smallest absolute Gasteiger partial charge is 0.267 e. The molecule has 1 aliphatic rings. The van der Waals surface area contributed by atoms with Gasteiger partial charge in [-0.05, 0) is 36.2 Å². The highest BCUT2D eigenvalue weighted by molar-refractivity contribution is 7.92. The van der Waals surface area contributed by atoms with Crippen LogP contribution in [0.1, 0.15) is 35.7 Å². The summed E-state index contributed by atoms with van der Waals surface area (Å²) in [6.07, 6.45) is 0.688. The van der Waals surface area contributed by atoms with E-state index in [4.69, 9.17) is 4.74 Å². The lowest BCUT2D eigenvalue weighted by atomic mass is 10.1. The number of ether oxygens (including phenoxy) is 1. The zero-order valence-electron chi connectivity index (χ0n) is 20.0. The molecule has 3 aromatic carbocycles. The summed E-state index contributed by atoms with van der Waals surface area (Å²) in [7, 11) is -3.81. The maximum atomic E-state index is 13.4. The first-order chi connectivity index (χ1) is 17.4. The van der Waals surface area contributed by atoms with Gasteiger partial charge in [0.05, 0.1) is 29.2 Å². The van der Waals surface area contributed by atoms with Gasteiger partial charge in [-0.2, -0.15) is 0 Å². The maximum Gasteiger partial charge on any atom is 0.267 e. The lowest BCUT2D eigenvalue weighted by molar-refractivity contribution is -0.122. The summed E-state index contributed by atoms with van der Waals surface area (Å²) in [6, 6.07) is 22.3. The molecule has 1 heterocycles. The Kier molecular flexibility index (Phi) is 7.90. The molecule has 0 aromatic heterocycles. The zero-order chi connectivity index (χ0) is 25.5. The van der Waals surface area contributed by atoms with Gasteiger partial charge in [0.25, 0.3) is 11.8 Å². The van der Waals surface area contributed by atoms with Crippen LogP contribution in [0.4, 0.5) is 11.4 Å². The predicted molar refractivity (Wildman–Crippen MR) is 140 cm³/mol. The molecule has 9 heteroatoms. The van der Waals surface area contributed by atoms with Crippen molar-refractivity contribution in [1.82, 2.24) is 5.32 Å². The molecule has 0 bridgehead atoms. The normalized spacial score (nSPS) is 14.9. The van der Waals surface area contributed by atoms with Crippen LogP contribution >= 0.6 is 0 Å². The molecule has 2 amide bonds. The molecule has 0 spiro atoms. The molecule has 2 N–H and O–H groups in total. The van der Waals surface area contributed by atoms with E-state index in [1.54, 1.807) is 72.8 Å². The van der Waals surface area contributed by atoms with Crippen molar-refractivity contribution < 1.29 is 22.7 Å². The minimum atomic E-state index is -3.81. The van der Waals surface area contributed by atoms with E-state index >= 15 is 0 Å². The average molecular weight is 508 g/mol. The highest BCUT2D eigenvalue weighted by Gasteiger charge is 2.37. The Bertz CT molecular complexity index is 1330. The topological polar surface area (TPSA) is 105 Å². The van der Waals surface area contributed by atoms with Crippen LogP contribution in [0.15, 0.2) is 78.9 Å². The third-order valence-electron chi connectivity index (χ3n) is 5.80. The number of unbranched alkanes of at least 4 members (excludes halogenated alkanes) is 1. The van der Waals surface area contributed by atoms with Gasteiger partial charge >= 0.3 is 0 Å². The number of amides is 2. The first-order valence-electron chi connectivity index (χ1n) is 11.9. The summed E-state index contributed by atoms with van der Waals surface area (Å²) >= 11 is 0. The molecular weight excluding hydrogens is 478 g/mol. The Morgan fingerprint density at radius 2 is 1.67 bits per heavy atom. The average Bonchev–Trinajstić information content (AvgIpc) is 2.88. The molecule has 0 fully saturated rings. The van der Waals surface area contributed by atoms with Crippen molar-refractivity contribution in [3.8, 4) is 5.75 Å². The number of fused-ring (bicyclic) bond motifs is 1. The van der Waals surface area contributed by atoms with E-state index < -0.39 is 22.0 Å². The highest BCUT2D eigenvalue weighted by Crippen LogP contribution is 2.36. The number of hydrogen-bond donors (Lipinski definition) is 2. The van der Waals surface area contributed by atoms with Crippen LogP contribution < -0.4 is 19.7 Å². The number of benzene rings is 3. The first-order valence-corrected chi connectivity index (χ1v) is 13.5. The van der Waals surface area contributed by atoms with Crippen LogP contribution in [0.2, 0.25) is 0 Å². The van der Waals surface area contributed by atoms with Crippen LogP contribution in [-0.4, -0.2) is 39.4 Å². The number of hydrogen-bond acceptors (Lipinski definition) is 5. The van der Waals surface area contributed by atoms with Crippen LogP contribution in [0, 0.1) is 0 Å². The second kappa shape index (κ2) is 11.3. The Morgan fingerprint density at radius 1 is 0.972 bits per heavy atom. The van der Waals surface area contributed by atoms with Crippen molar-refractivity contribution in [1.29, 1.82) is 0 Å². The van der Waals surface area contributed by atoms with Crippen molar-refractivity contribution >= 4 is 33.2 Å². The molecule has 8 nitrogen and oxygen atoms in total. The fraction of sp³-hybridized carbons (Fsp3) is 0.259. The molecule has 0 unspecified atom stereocenters. The highest BCUT2D eigenvalue weighted by atomic mass is 32.2. The Morgan fingerprint density at radius 3 is 2.44 bits per heavy atom. The fourth-order valence-electron chi connectivity index (χ4n) is 3.94. The molecular formula is C27H29N3O5S. The van der Waals surface area contributed by atoms with Gasteiger partial charge in [0.15, 0.2) is 6.10 Å². The van der Waals surface area contributed by atoms with Crippen molar-refractivity contribution in [2.75, 3.05) is 22.7 Å². The largest absolute Gasteiger partial charge is 0.476 e. The molecule has 36 heavy (non-hydrogen) atoms. The number of para-hydroxylation sites is 3. The minimum Gasteiger partial charge on any atom is -0.476 e. The standard InChI is InChI=1S/C27H29N3O5S/c1-2-3-17-28-26(31)21-13-7-8-14-22(21)29-27(32)25-18-30(23-15-9-10-16-24(23)35-25)36(33,34)19-20-11-5-4-6-12-20/h4-16,25H,2-3,17-19H2,1H3,(H,28,31)(H,29,32)/t25-/m1/s1. The SMILES string of the molecule is CCCCNC(=O)c1ccccc1NC(=O)[C@H]1CN(S(=O)(=O)Cc2ccccc2)c2ccccc2O1. The van der Waals surface area contributed by atoms with E-state index in [0.717, 1.165) is 12.8 Å². The molecule has 0 radical (unpaired) electrons. The second-order valence-electron chi connectivity index (χ2n) is 8.49. The van der Waals surface area contributed by atoms with Crippen LogP contribution in [0.5, 0.6) is 5.75 Å². The van der Waals surface area contributed by atoms with Crippen LogP contribution in [0.25, 0.3) is 0 Å². The number of anilines is 2. The Balaban J connectivity index is 1.56. The monoisotopic (exact) mass is 507 g/mol. The summed E-state index contributed by atoms with van der Waals surface area (Å²) in [5.74, 6) is -0.747. The first kappa shape index (κ1) is 25.2. The van der Waals surface area contributed by atoms with Gasteiger partial charge < -0.3 is 15.4 Å². The van der Waals surface area contributed by atoms with Gasteiger partial charge in [-0.25, -0.2) is 8.42 Å². The number of carbonyl (C=O) groups excluding carboxylic acids is 2. The van der Waals surface area contributed by atoms with E-state index in [9.17, 15) is 18.0 Å². The minimum absolute atomic E-state index is 0.192. The van der Waals surface area contributed by atoms with Gasteiger partial charge in [-0.15, -0.1) is 0 Å². The molecule has 0 saturated carbocycles. The molecule has 3 aromatic rings. The van der Waals surface area contributed by atoms with Gasteiger partial charge in [0, 0.05) is 6.54 Å². The molecule has 4 rings (SSSR count). The van der Waals surface area contributed by atoms with Gasteiger partial charge in [-0.1, -0.05) is 67.9 Å². The number of nitrogens with zero attached hydrogens (tertiary/aromatic N) is 1. The maximum absolute atomic E-state index is 13.4. The van der Waals surface area contributed by atoms with Crippen LogP contribution in [-0.2, 0) is 20.6 Å². The van der Waals surface area contributed by atoms with Crippen molar-refractivity contribution in [3.63, 3.8) is 0 Å². The molecule has 188 valence electrons. The number of carbonyl (C=O) groups is 2. The summed E-state index contributed by atoms with van der Waals surface area (Å²) in [4.78, 5) is 25.9. The second-order valence-corrected chi connectivity index (χ2v) is 10.4. The predicted octanol–water partition coefficient (Wildman–Crippen LogP) is 3.95. The van der Waals surface area contributed by atoms with Gasteiger partial charge in [0.2, 0.25) is 10.0 Å². The molecule has 1 aliphatic heterocycles. The van der Waals surface area contributed by atoms with Crippen molar-refractivity contribution in [2.24, 2.45) is 0 Å². The summed E-state index contributed by atoms with van der Waals surface area (Å²) in [5, 5.41) is 5.60. The summed E-state index contributed by atoms with van der Waals surface area (Å²) in [6.45, 7) is 2.38. The Hall–Kier alpha value is -3.85. The number of sulfonamides is 1. The fourth-order valence-corrected chi connectivity index (χ4v) is 5.52. The molecule has 1 atom stereocenters. The van der Waals surface area contributed by atoms with Gasteiger partial charge in [-0.3, -0.25) is 13.9 Å². The van der Waals surface area contributed by atoms with Gasteiger partial charge in [0.1, 0.15) is 5.75 Å². The van der Waals surface area contributed by atoms with Crippen molar-refractivity contribution in [3.05, 3.63) is 90.0 Å². The number of nitrogens with one attached hydrogen (secondary N) is 2. The summed E-state index contributed by atoms with van der Waals surface area (Å²) < 4.78 is 33.9. The van der Waals surface area contributed by atoms with E-state index in [1.165, 1.54) is 4.31 Å². The van der Waals surface area contributed by atoms with E-state index in [2.05, 4.69) is 10.6 Å². The van der Waals surface area contributed by atoms with Crippen molar-refractivity contribution in [2.45, 2.75) is 31.6 Å². The molecule has 0 saturated heterocycles. The number of rotatable bonds is 9. The van der Waals surface area contributed by atoms with E-state index in [-0.39, 0.29) is 18.2 Å². The van der Waals surface area contributed by atoms with Crippen LogP contribution in [0.3, 0.4) is 0 Å². The third-order valence-corrected chi connectivity index (χ3v) is 7.52. The quantitative estimate of drug-likeness (QED) is 0.427. The lowest BCUT2D eigenvalue weighted by Crippen LogP contribution is -2.49. The zero-order valence-corrected chi connectivity index (χ0v) is 20.8. The molecule has 0 aliphatic carbocycles. The lowest BCUT2D eigenvalue weighted by Gasteiger charge is -2.34. The summed E-state index contributed by atoms with van der Waals surface area (Å²) in [5.41, 5.74) is 1.68. The third kappa shape index (κ3) is 5.85. The Labute approximate surface area is 211 Å². The van der Waals surface area contributed by atoms with E-state index in [0.29, 0.717) is 34.8 Å². The van der Waals surface area contributed by atoms with E-state index in [1.807, 2.05) is 13.0 Å².